The van der Waals surface area contributed by atoms with E-state index >= 15 is 0 Å². The van der Waals surface area contributed by atoms with Crippen molar-refractivity contribution in [2.45, 2.75) is 0 Å². The maximum Gasteiger partial charge on any atom is 0.0547 e. The van der Waals surface area contributed by atoms with E-state index in [1.54, 1.807) is 0 Å². The lowest BCUT2D eigenvalue weighted by Crippen LogP contribution is -2.10. The lowest BCUT2D eigenvalue weighted by Gasteiger charge is -2.27. The van der Waals surface area contributed by atoms with Crippen molar-refractivity contribution in [2.24, 2.45) is 0 Å². The van der Waals surface area contributed by atoms with E-state index in [1.807, 2.05) is 11.3 Å². The quantitative estimate of drug-likeness (QED) is 0.166. The Hall–Kier alpha value is -6.94. The lowest BCUT2D eigenvalue weighted by atomic mass is 10.0. The molecule has 0 saturated carbocycles. The molecule has 0 saturated heterocycles. The summed E-state index contributed by atoms with van der Waals surface area (Å²) < 4.78 is 5.04. The minimum atomic E-state index is 1.11. The van der Waals surface area contributed by atoms with Crippen molar-refractivity contribution >= 4 is 81.1 Å². The SMILES string of the molecule is c1ccc(-n2c3ccccc3c3ccc(-c4ccc(N(c5ccc(-c6ccc7sc8ccccc8c7c6)cc5)c5cccc6ccccc56)cc4)cc32)cc1. The molecule has 0 amide bonds. The monoisotopic (exact) mass is 718 g/mol. The molecule has 0 unspecified atom stereocenters. The molecule has 2 nitrogen and oxygen atoms in total. The molecule has 2 heterocycles. The highest BCUT2D eigenvalue weighted by Gasteiger charge is 2.17. The van der Waals surface area contributed by atoms with Crippen molar-refractivity contribution in [1.29, 1.82) is 0 Å². The Morgan fingerprint density at radius 1 is 0.345 bits per heavy atom. The first-order chi connectivity index (χ1) is 27.3. The summed E-state index contributed by atoms with van der Waals surface area (Å²) in [5.41, 5.74) is 11.8. The fourth-order valence-corrected chi connectivity index (χ4v) is 9.43. The van der Waals surface area contributed by atoms with Crippen LogP contribution in [0.2, 0.25) is 0 Å². The zero-order valence-corrected chi connectivity index (χ0v) is 30.7. The van der Waals surface area contributed by atoms with Crippen molar-refractivity contribution in [2.75, 3.05) is 4.90 Å². The van der Waals surface area contributed by atoms with Crippen molar-refractivity contribution in [3.8, 4) is 27.9 Å². The molecule has 9 aromatic carbocycles. The smallest absolute Gasteiger partial charge is 0.0547 e. The van der Waals surface area contributed by atoms with Crippen LogP contribution in [0.25, 0.3) is 80.7 Å². The van der Waals surface area contributed by atoms with Crippen molar-refractivity contribution in [1.82, 2.24) is 4.57 Å². The van der Waals surface area contributed by atoms with Gasteiger partial charge in [-0.05, 0) is 100 Å². The second kappa shape index (κ2) is 12.9. The highest BCUT2D eigenvalue weighted by atomic mass is 32.1. The van der Waals surface area contributed by atoms with E-state index in [-0.39, 0.29) is 0 Å². The number of benzene rings is 9. The standard InChI is InChI=1S/C52H34N2S/c1-2-13-40(14-3-1)54-49-18-8-6-16-44(49)45-31-25-39(34-50(45)54)36-23-29-42(30-24-36)53(48-19-10-12-37-11-4-5-15-43(37)48)41-27-21-35(22-28-41)38-26-32-52-47(33-38)46-17-7-9-20-51(46)55-52/h1-34H. The second-order valence-corrected chi connectivity index (χ2v) is 15.2. The number of thiophene rings is 1. The molecule has 2 aromatic heterocycles. The topological polar surface area (TPSA) is 8.17 Å². The van der Waals surface area contributed by atoms with E-state index in [0.717, 1.165) is 17.1 Å². The number of hydrogen-bond donors (Lipinski definition) is 0. The third kappa shape index (κ3) is 5.32. The molecule has 0 aliphatic rings. The Bertz CT molecular complexity index is 3180. The number of fused-ring (bicyclic) bond motifs is 7. The van der Waals surface area contributed by atoms with E-state index in [9.17, 15) is 0 Å². The highest BCUT2D eigenvalue weighted by Crippen LogP contribution is 2.42. The van der Waals surface area contributed by atoms with Crippen molar-refractivity contribution in [3.63, 3.8) is 0 Å². The van der Waals surface area contributed by atoms with Gasteiger partial charge in [-0.25, -0.2) is 0 Å². The third-order valence-electron chi connectivity index (χ3n) is 11.0. The predicted molar refractivity (Wildman–Crippen MR) is 237 cm³/mol. The summed E-state index contributed by atoms with van der Waals surface area (Å²) in [7, 11) is 0. The van der Waals surface area contributed by atoms with Crippen LogP contribution in [-0.2, 0) is 0 Å². The van der Waals surface area contributed by atoms with E-state index in [4.69, 9.17) is 0 Å². The van der Waals surface area contributed by atoms with Gasteiger partial charge in [-0.1, -0.05) is 133 Å². The first-order valence-electron chi connectivity index (χ1n) is 18.8. The molecule has 0 aliphatic heterocycles. The summed E-state index contributed by atoms with van der Waals surface area (Å²) in [4.78, 5) is 2.39. The van der Waals surface area contributed by atoms with Gasteiger partial charge >= 0.3 is 0 Å². The van der Waals surface area contributed by atoms with Crippen molar-refractivity contribution in [3.05, 3.63) is 206 Å². The van der Waals surface area contributed by atoms with Gasteiger partial charge in [0.25, 0.3) is 0 Å². The van der Waals surface area contributed by atoms with Gasteiger partial charge in [0.15, 0.2) is 0 Å². The minimum absolute atomic E-state index is 1.11. The Morgan fingerprint density at radius 3 is 1.69 bits per heavy atom. The normalized spacial score (nSPS) is 11.6. The van der Waals surface area contributed by atoms with E-state index < -0.39 is 0 Å². The Morgan fingerprint density at radius 2 is 0.909 bits per heavy atom. The van der Waals surface area contributed by atoms with Gasteiger partial charge in [-0.3, -0.25) is 0 Å². The third-order valence-corrected chi connectivity index (χ3v) is 12.1. The van der Waals surface area contributed by atoms with Gasteiger partial charge in [0.2, 0.25) is 0 Å². The Balaban J connectivity index is 1.00. The lowest BCUT2D eigenvalue weighted by molar-refractivity contribution is 1.18. The number of rotatable bonds is 6. The van der Waals surface area contributed by atoms with Crippen LogP contribution in [0.1, 0.15) is 0 Å². The molecule has 11 aromatic rings. The predicted octanol–water partition coefficient (Wildman–Crippen LogP) is 15.1. The van der Waals surface area contributed by atoms with Crippen LogP contribution in [0.5, 0.6) is 0 Å². The molecule has 0 fully saturated rings. The molecule has 3 heteroatoms. The average molecular weight is 719 g/mol. The summed E-state index contributed by atoms with van der Waals surface area (Å²) in [6.45, 7) is 0. The van der Waals surface area contributed by atoms with Crippen LogP contribution in [0.4, 0.5) is 17.1 Å². The fraction of sp³-hybridized carbons (Fsp3) is 0. The Kier molecular flexibility index (Phi) is 7.39. The summed E-state index contributed by atoms with van der Waals surface area (Å²) in [6, 6.07) is 75.2. The van der Waals surface area contributed by atoms with Gasteiger partial charge in [-0.15, -0.1) is 11.3 Å². The summed E-state index contributed by atoms with van der Waals surface area (Å²) >= 11 is 1.86. The highest BCUT2D eigenvalue weighted by molar-refractivity contribution is 7.25. The maximum absolute atomic E-state index is 2.39. The van der Waals surface area contributed by atoms with Crippen LogP contribution in [0.15, 0.2) is 206 Å². The molecule has 0 aliphatic carbocycles. The summed E-state index contributed by atoms with van der Waals surface area (Å²) in [6.07, 6.45) is 0. The van der Waals surface area contributed by atoms with E-state index in [0.29, 0.717) is 0 Å². The second-order valence-electron chi connectivity index (χ2n) is 14.2. The molecular weight excluding hydrogens is 685 g/mol. The molecular formula is C52H34N2S. The molecule has 0 N–H and O–H groups in total. The molecule has 0 atom stereocenters. The first-order valence-corrected chi connectivity index (χ1v) is 19.6. The van der Waals surface area contributed by atoms with Crippen LogP contribution < -0.4 is 4.90 Å². The summed E-state index contributed by atoms with van der Waals surface area (Å²) in [5, 5.41) is 7.60. The zero-order chi connectivity index (χ0) is 36.3. The number of anilines is 3. The summed E-state index contributed by atoms with van der Waals surface area (Å²) in [5.74, 6) is 0. The Labute approximate surface area is 323 Å². The van der Waals surface area contributed by atoms with Gasteiger partial charge < -0.3 is 9.47 Å². The number of nitrogens with zero attached hydrogens (tertiary/aromatic N) is 2. The van der Waals surface area contributed by atoms with Crippen LogP contribution in [0, 0.1) is 0 Å². The van der Waals surface area contributed by atoms with Crippen LogP contribution in [-0.4, -0.2) is 4.57 Å². The van der Waals surface area contributed by atoms with E-state index in [2.05, 4.69) is 216 Å². The molecule has 258 valence electrons. The molecule has 0 radical (unpaired) electrons. The molecule has 55 heavy (non-hydrogen) atoms. The minimum Gasteiger partial charge on any atom is -0.310 e. The van der Waals surface area contributed by atoms with Gasteiger partial charge in [-0.2, -0.15) is 0 Å². The van der Waals surface area contributed by atoms with Gasteiger partial charge in [0.1, 0.15) is 0 Å². The maximum atomic E-state index is 2.39. The van der Waals surface area contributed by atoms with E-state index in [1.165, 1.54) is 80.7 Å². The van der Waals surface area contributed by atoms with Gasteiger partial charge in [0, 0.05) is 53.4 Å². The first kappa shape index (κ1) is 31.6. The number of hydrogen-bond acceptors (Lipinski definition) is 2. The molecule has 0 bridgehead atoms. The zero-order valence-electron chi connectivity index (χ0n) is 29.9. The molecule has 0 spiro atoms. The fourth-order valence-electron chi connectivity index (χ4n) is 8.35. The molecule has 11 rings (SSSR count). The van der Waals surface area contributed by atoms with Gasteiger partial charge in [0.05, 0.1) is 16.7 Å². The van der Waals surface area contributed by atoms with Crippen molar-refractivity contribution < 1.29 is 0 Å². The van der Waals surface area contributed by atoms with Crippen LogP contribution >= 0.6 is 11.3 Å². The number of para-hydroxylation sites is 2. The largest absolute Gasteiger partial charge is 0.310 e. The van der Waals surface area contributed by atoms with Crippen LogP contribution in [0.3, 0.4) is 0 Å². The average Bonchev–Trinajstić information content (AvgIpc) is 3.80. The number of aromatic nitrogens is 1.